The standard InChI is InChI=1S/C14H13N5O3/c1-19(8-12(20)21)9-18-13(11(5-15)14(19)22)17-7-10-3-2-4-16-6-10/h2-4,6,9H,7-8H2,1H3,(H-,17,20,21,22)/p+1. The van der Waals surface area contributed by atoms with Crippen molar-refractivity contribution in [3.63, 3.8) is 0 Å². The number of pyridine rings is 1. The number of carboxylic acids is 1. The number of hydrogen-bond donors (Lipinski definition) is 2. The van der Waals surface area contributed by atoms with E-state index >= 15 is 0 Å². The summed E-state index contributed by atoms with van der Waals surface area (Å²) in [7, 11) is 1.40. The van der Waals surface area contributed by atoms with E-state index in [2.05, 4.69) is 15.3 Å². The molecule has 2 rings (SSSR count). The number of carbonyl (C=O) groups is 2. The van der Waals surface area contributed by atoms with E-state index in [0.717, 1.165) is 5.56 Å². The summed E-state index contributed by atoms with van der Waals surface area (Å²) in [6.07, 6.45) is 4.52. The number of carboxylic acid groups (broad SMARTS) is 1. The van der Waals surface area contributed by atoms with Gasteiger partial charge in [0.05, 0.1) is 7.05 Å². The number of nitrogens with one attached hydrogen (secondary N) is 1. The Morgan fingerprint density at radius 3 is 2.91 bits per heavy atom. The maximum Gasteiger partial charge on any atom is 0.366 e. The molecule has 0 saturated heterocycles. The van der Waals surface area contributed by atoms with E-state index in [1.54, 1.807) is 24.5 Å². The summed E-state index contributed by atoms with van der Waals surface area (Å²) in [4.78, 5) is 31.2. The van der Waals surface area contributed by atoms with Crippen LogP contribution in [0.1, 0.15) is 5.56 Å². The molecule has 2 N–H and O–H groups in total. The van der Waals surface area contributed by atoms with Crippen LogP contribution < -0.4 is 5.32 Å². The topological polar surface area (TPSA) is 115 Å². The van der Waals surface area contributed by atoms with E-state index in [1.165, 1.54) is 13.4 Å². The quantitative estimate of drug-likeness (QED) is 0.740. The van der Waals surface area contributed by atoms with Gasteiger partial charge >= 0.3 is 11.9 Å². The molecule has 2 heterocycles. The number of rotatable bonds is 5. The van der Waals surface area contributed by atoms with E-state index in [1.807, 2.05) is 6.07 Å². The number of carbonyl (C=O) groups excluding carboxylic acids is 1. The first-order chi connectivity index (χ1) is 10.5. The molecule has 1 aromatic heterocycles. The molecule has 8 nitrogen and oxygen atoms in total. The smallest absolute Gasteiger partial charge is 0.366 e. The van der Waals surface area contributed by atoms with E-state index < -0.39 is 22.9 Å². The van der Waals surface area contributed by atoms with Gasteiger partial charge < -0.3 is 10.4 Å². The second-order valence-corrected chi connectivity index (χ2v) is 4.92. The Labute approximate surface area is 126 Å². The first-order valence-electron chi connectivity index (χ1n) is 6.40. The Morgan fingerprint density at radius 1 is 1.55 bits per heavy atom. The molecular weight excluding hydrogens is 286 g/mol. The highest BCUT2D eigenvalue weighted by Crippen LogP contribution is 2.17. The van der Waals surface area contributed by atoms with Gasteiger partial charge in [0.25, 0.3) is 0 Å². The lowest BCUT2D eigenvalue weighted by molar-refractivity contribution is -0.724. The van der Waals surface area contributed by atoms with E-state index in [-0.39, 0.29) is 11.4 Å². The molecule has 1 aliphatic heterocycles. The lowest BCUT2D eigenvalue weighted by Crippen LogP contribution is -2.54. The summed E-state index contributed by atoms with van der Waals surface area (Å²) in [5.74, 6) is -1.61. The van der Waals surface area contributed by atoms with Gasteiger partial charge in [0, 0.05) is 18.9 Å². The maximum absolute atomic E-state index is 12.3. The average molecular weight is 300 g/mol. The minimum absolute atomic E-state index is 0.136. The van der Waals surface area contributed by atoms with Crippen molar-refractivity contribution in [1.82, 2.24) is 10.3 Å². The van der Waals surface area contributed by atoms with E-state index in [9.17, 15) is 14.9 Å². The van der Waals surface area contributed by atoms with Crippen molar-refractivity contribution >= 4 is 18.2 Å². The molecule has 112 valence electrons. The highest BCUT2D eigenvalue weighted by Gasteiger charge is 2.40. The van der Waals surface area contributed by atoms with Crippen LogP contribution in [0.3, 0.4) is 0 Å². The molecule has 1 unspecified atom stereocenters. The molecule has 0 spiro atoms. The van der Waals surface area contributed by atoms with Crippen molar-refractivity contribution in [3.8, 4) is 6.07 Å². The average Bonchev–Trinajstić information content (AvgIpc) is 2.49. The van der Waals surface area contributed by atoms with Gasteiger partial charge in [-0.3, -0.25) is 4.98 Å². The van der Waals surface area contributed by atoms with Crippen LogP contribution in [0.25, 0.3) is 0 Å². The van der Waals surface area contributed by atoms with Gasteiger partial charge in [-0.05, 0) is 11.6 Å². The van der Waals surface area contributed by atoms with Gasteiger partial charge in [-0.1, -0.05) is 6.07 Å². The molecule has 0 fully saturated rings. The lowest BCUT2D eigenvalue weighted by Gasteiger charge is -2.27. The molecule has 1 aliphatic rings. The minimum Gasteiger partial charge on any atom is -0.477 e. The molecule has 1 amide bonds. The van der Waals surface area contributed by atoms with Crippen LogP contribution >= 0.6 is 0 Å². The van der Waals surface area contributed by atoms with Gasteiger partial charge in [0.2, 0.25) is 0 Å². The van der Waals surface area contributed by atoms with Gasteiger partial charge in [0.1, 0.15) is 6.07 Å². The molecule has 8 heteroatoms. The summed E-state index contributed by atoms with van der Waals surface area (Å²) in [6.45, 7) is -0.120. The van der Waals surface area contributed by atoms with Crippen LogP contribution in [0.4, 0.5) is 0 Å². The number of aromatic nitrogens is 1. The van der Waals surface area contributed by atoms with Crippen LogP contribution in [-0.2, 0) is 16.1 Å². The fraction of sp³-hybridized carbons (Fsp3) is 0.214. The third-order valence-corrected chi connectivity index (χ3v) is 3.11. The summed E-state index contributed by atoms with van der Waals surface area (Å²) in [5.41, 5.74) is 0.679. The number of quaternary nitrogens is 1. The van der Waals surface area contributed by atoms with Gasteiger partial charge in [0.15, 0.2) is 24.3 Å². The molecule has 22 heavy (non-hydrogen) atoms. The number of likely N-dealkylation sites (N-methyl/N-ethyl adjacent to an activating group) is 1. The Balaban J connectivity index is 2.20. The molecule has 0 aliphatic carbocycles. The number of nitrogens with zero attached hydrogens (tertiary/aromatic N) is 4. The van der Waals surface area contributed by atoms with Crippen LogP contribution in [0.15, 0.2) is 40.9 Å². The third-order valence-electron chi connectivity index (χ3n) is 3.11. The SMILES string of the molecule is C[N+]1(CC(=O)O)C=NC(NCc2cccnc2)=C(C#N)C1=O. The van der Waals surface area contributed by atoms with E-state index in [0.29, 0.717) is 6.54 Å². The van der Waals surface area contributed by atoms with Gasteiger partial charge in [-0.15, -0.1) is 0 Å². The molecule has 0 aromatic carbocycles. The Morgan fingerprint density at radius 2 is 2.32 bits per heavy atom. The molecule has 0 bridgehead atoms. The number of aliphatic carboxylic acids is 1. The van der Waals surface area contributed by atoms with Crippen LogP contribution in [-0.4, -0.2) is 46.4 Å². The molecule has 0 saturated carbocycles. The predicted molar refractivity (Wildman–Crippen MR) is 75.9 cm³/mol. The molecular formula is C14H14N5O3+. The number of amides is 1. The van der Waals surface area contributed by atoms with Crippen molar-refractivity contribution in [3.05, 3.63) is 41.5 Å². The van der Waals surface area contributed by atoms with Crippen LogP contribution in [0.2, 0.25) is 0 Å². The Bertz CT molecular complexity index is 705. The summed E-state index contributed by atoms with van der Waals surface area (Å²) < 4.78 is -0.573. The number of hydrogen-bond acceptors (Lipinski definition) is 6. The Hall–Kier alpha value is -3.05. The largest absolute Gasteiger partial charge is 0.477 e. The second kappa shape index (κ2) is 6.15. The number of nitriles is 1. The summed E-state index contributed by atoms with van der Waals surface area (Å²) >= 11 is 0. The van der Waals surface area contributed by atoms with Crippen molar-refractivity contribution in [1.29, 1.82) is 5.26 Å². The van der Waals surface area contributed by atoms with Crippen molar-refractivity contribution in [2.24, 2.45) is 4.99 Å². The first kappa shape index (κ1) is 15.3. The van der Waals surface area contributed by atoms with Gasteiger partial charge in [-0.2, -0.15) is 10.3 Å². The van der Waals surface area contributed by atoms with Crippen LogP contribution in [0, 0.1) is 11.3 Å². The normalized spacial score (nSPS) is 20.6. The Kier molecular flexibility index (Phi) is 4.29. The van der Waals surface area contributed by atoms with Gasteiger partial charge in [-0.25, -0.2) is 14.1 Å². The highest BCUT2D eigenvalue weighted by atomic mass is 16.4. The zero-order chi connectivity index (χ0) is 16.2. The lowest BCUT2D eigenvalue weighted by atomic mass is 10.2. The van der Waals surface area contributed by atoms with Crippen molar-refractivity contribution in [2.45, 2.75) is 6.54 Å². The third kappa shape index (κ3) is 3.16. The zero-order valence-corrected chi connectivity index (χ0v) is 11.9. The zero-order valence-electron chi connectivity index (χ0n) is 11.9. The molecule has 0 radical (unpaired) electrons. The predicted octanol–water partition coefficient (Wildman–Crippen LogP) is 0.00608. The van der Waals surface area contributed by atoms with Crippen molar-refractivity contribution in [2.75, 3.05) is 13.6 Å². The van der Waals surface area contributed by atoms with E-state index in [4.69, 9.17) is 5.11 Å². The van der Waals surface area contributed by atoms with Crippen molar-refractivity contribution < 1.29 is 19.2 Å². The monoisotopic (exact) mass is 300 g/mol. The molecule has 1 atom stereocenters. The minimum atomic E-state index is -1.15. The highest BCUT2D eigenvalue weighted by molar-refractivity contribution is 5.99. The fourth-order valence-electron chi connectivity index (χ4n) is 1.98. The fourth-order valence-corrected chi connectivity index (χ4v) is 1.98. The molecule has 1 aromatic rings. The maximum atomic E-state index is 12.3. The summed E-state index contributed by atoms with van der Waals surface area (Å²) in [5, 5.41) is 21.0. The second-order valence-electron chi connectivity index (χ2n) is 4.92. The first-order valence-corrected chi connectivity index (χ1v) is 6.40. The van der Waals surface area contributed by atoms with Crippen LogP contribution in [0.5, 0.6) is 0 Å². The summed E-state index contributed by atoms with van der Waals surface area (Å²) in [6, 6.07) is 5.41. The number of aliphatic imine (C=N–C) groups is 1.